The van der Waals surface area contributed by atoms with Crippen molar-refractivity contribution in [3.05, 3.63) is 53.1 Å². The predicted molar refractivity (Wildman–Crippen MR) is 119 cm³/mol. The van der Waals surface area contributed by atoms with E-state index >= 15 is 0 Å². The van der Waals surface area contributed by atoms with E-state index in [2.05, 4.69) is 0 Å². The molecule has 170 valence electrons. The van der Waals surface area contributed by atoms with Gasteiger partial charge in [0.05, 0.1) is 31.9 Å². The van der Waals surface area contributed by atoms with Crippen molar-refractivity contribution in [2.75, 3.05) is 32.9 Å². The Kier molecular flexibility index (Phi) is 6.26. The van der Waals surface area contributed by atoms with Gasteiger partial charge in [-0.2, -0.15) is 0 Å². The predicted octanol–water partition coefficient (Wildman–Crippen LogP) is 4.18. The Bertz CT molecular complexity index is 992. The standard InChI is InChI=1S/C25H29NO6/c1-4-29-20-14-17(15-21(30-5-2)22(20)31-6-3)23(27)26-13-9-12-25(16-26)19-11-8-7-10-18(19)24(28)32-25/h7-8,10-11,14-15H,4-6,9,12-13,16H2,1-3H3. The molecule has 2 heterocycles. The SMILES string of the molecule is CCOc1cc(C(=O)N2CCCC3(C2)OC(=O)c2ccccc23)cc(OCC)c1OCC. The molecule has 32 heavy (non-hydrogen) atoms. The molecule has 0 aliphatic carbocycles. The average molecular weight is 440 g/mol. The number of piperidine rings is 1. The zero-order valence-corrected chi connectivity index (χ0v) is 18.8. The lowest BCUT2D eigenvalue weighted by Crippen LogP contribution is -2.48. The molecule has 2 aromatic rings. The highest BCUT2D eigenvalue weighted by Gasteiger charge is 2.48. The molecule has 0 radical (unpaired) electrons. The summed E-state index contributed by atoms with van der Waals surface area (Å²) in [5.74, 6) is 0.977. The lowest BCUT2D eigenvalue weighted by Gasteiger charge is -2.39. The smallest absolute Gasteiger partial charge is 0.339 e. The second-order valence-electron chi connectivity index (χ2n) is 7.86. The van der Waals surface area contributed by atoms with E-state index in [1.165, 1.54) is 0 Å². The van der Waals surface area contributed by atoms with E-state index in [4.69, 9.17) is 18.9 Å². The molecular formula is C25H29NO6. The third-order valence-electron chi connectivity index (χ3n) is 5.82. The number of carbonyl (C=O) groups is 2. The van der Waals surface area contributed by atoms with E-state index in [1.54, 1.807) is 23.1 Å². The lowest BCUT2D eigenvalue weighted by atomic mass is 9.85. The quantitative estimate of drug-likeness (QED) is 0.603. The van der Waals surface area contributed by atoms with Crippen LogP contribution in [-0.2, 0) is 10.3 Å². The molecule has 1 saturated heterocycles. The molecule has 7 nitrogen and oxygen atoms in total. The molecule has 0 N–H and O–H groups in total. The molecule has 0 bridgehead atoms. The van der Waals surface area contributed by atoms with Gasteiger partial charge in [-0.3, -0.25) is 4.79 Å². The van der Waals surface area contributed by atoms with E-state index in [1.807, 2.05) is 39.0 Å². The largest absolute Gasteiger partial charge is 0.490 e. The lowest BCUT2D eigenvalue weighted by molar-refractivity contribution is -0.0442. The van der Waals surface area contributed by atoms with Gasteiger partial charge >= 0.3 is 5.97 Å². The summed E-state index contributed by atoms with van der Waals surface area (Å²) < 4.78 is 23.1. The van der Waals surface area contributed by atoms with Gasteiger partial charge in [-0.05, 0) is 51.8 Å². The van der Waals surface area contributed by atoms with Crippen LogP contribution in [0.2, 0.25) is 0 Å². The van der Waals surface area contributed by atoms with Gasteiger partial charge in [0, 0.05) is 17.7 Å². The normalized spacial score (nSPS) is 19.5. The van der Waals surface area contributed by atoms with Crippen LogP contribution in [0.3, 0.4) is 0 Å². The molecule has 1 fully saturated rings. The van der Waals surface area contributed by atoms with E-state index in [-0.39, 0.29) is 11.9 Å². The van der Waals surface area contributed by atoms with Crippen LogP contribution in [0.5, 0.6) is 17.2 Å². The van der Waals surface area contributed by atoms with Crippen molar-refractivity contribution in [2.45, 2.75) is 39.2 Å². The zero-order valence-electron chi connectivity index (χ0n) is 18.8. The summed E-state index contributed by atoms with van der Waals surface area (Å²) in [6.45, 7) is 7.86. The number of fused-ring (bicyclic) bond motifs is 2. The van der Waals surface area contributed by atoms with Gasteiger partial charge in [0.15, 0.2) is 17.1 Å². The minimum Gasteiger partial charge on any atom is -0.490 e. The summed E-state index contributed by atoms with van der Waals surface area (Å²) in [5.41, 5.74) is 1.10. The highest BCUT2D eigenvalue weighted by molar-refractivity contribution is 5.97. The van der Waals surface area contributed by atoms with Gasteiger partial charge in [0.2, 0.25) is 5.75 Å². The Labute approximate surface area is 188 Å². The van der Waals surface area contributed by atoms with Crippen LogP contribution in [0.25, 0.3) is 0 Å². The van der Waals surface area contributed by atoms with Gasteiger partial charge in [-0.15, -0.1) is 0 Å². The Hall–Kier alpha value is -3.22. The number of hydrogen-bond acceptors (Lipinski definition) is 6. The van der Waals surface area contributed by atoms with Crippen LogP contribution in [-0.4, -0.2) is 49.7 Å². The van der Waals surface area contributed by atoms with Crippen molar-refractivity contribution in [1.29, 1.82) is 0 Å². The van der Waals surface area contributed by atoms with E-state index in [0.29, 0.717) is 67.7 Å². The molecule has 2 aliphatic heterocycles. The van der Waals surface area contributed by atoms with Crippen LogP contribution >= 0.6 is 0 Å². The topological polar surface area (TPSA) is 74.3 Å². The molecule has 1 unspecified atom stereocenters. The third kappa shape index (κ3) is 3.87. The molecule has 2 aromatic carbocycles. The molecule has 0 saturated carbocycles. The van der Waals surface area contributed by atoms with E-state index in [9.17, 15) is 9.59 Å². The van der Waals surface area contributed by atoms with Crippen LogP contribution in [0.4, 0.5) is 0 Å². The zero-order chi connectivity index (χ0) is 22.7. The summed E-state index contributed by atoms with van der Waals surface area (Å²) in [6.07, 6.45) is 1.43. The molecule has 4 rings (SSSR count). The van der Waals surface area contributed by atoms with E-state index < -0.39 is 5.60 Å². The van der Waals surface area contributed by atoms with Crippen LogP contribution in [0.1, 0.15) is 59.9 Å². The number of ether oxygens (including phenoxy) is 4. The maximum Gasteiger partial charge on any atom is 0.339 e. The summed E-state index contributed by atoms with van der Waals surface area (Å²) in [4.78, 5) is 27.7. The Balaban J connectivity index is 1.66. The molecule has 1 atom stereocenters. The van der Waals surface area contributed by atoms with Crippen LogP contribution in [0, 0.1) is 0 Å². The first-order valence-electron chi connectivity index (χ1n) is 11.2. The van der Waals surface area contributed by atoms with Crippen molar-refractivity contribution in [2.24, 2.45) is 0 Å². The highest BCUT2D eigenvalue weighted by atomic mass is 16.6. The van der Waals surface area contributed by atoms with Crippen LogP contribution in [0.15, 0.2) is 36.4 Å². The first-order valence-corrected chi connectivity index (χ1v) is 11.2. The second-order valence-corrected chi connectivity index (χ2v) is 7.86. The summed E-state index contributed by atoms with van der Waals surface area (Å²) >= 11 is 0. The van der Waals surface area contributed by atoms with Gasteiger partial charge in [-0.1, -0.05) is 18.2 Å². The number of hydrogen-bond donors (Lipinski definition) is 0. The summed E-state index contributed by atoms with van der Waals surface area (Å²) in [6, 6.07) is 10.8. The minimum absolute atomic E-state index is 0.158. The van der Waals surface area contributed by atoms with Gasteiger partial charge < -0.3 is 23.8 Å². The molecule has 2 aliphatic rings. The number of nitrogens with zero attached hydrogens (tertiary/aromatic N) is 1. The fraction of sp³-hybridized carbons (Fsp3) is 0.440. The molecule has 1 spiro atoms. The number of rotatable bonds is 7. The van der Waals surface area contributed by atoms with Crippen molar-refractivity contribution in [3.8, 4) is 17.2 Å². The second kappa shape index (κ2) is 9.10. The number of esters is 1. The molecule has 7 heteroatoms. The van der Waals surface area contributed by atoms with Crippen molar-refractivity contribution in [3.63, 3.8) is 0 Å². The molecular weight excluding hydrogens is 410 g/mol. The van der Waals surface area contributed by atoms with Crippen LogP contribution < -0.4 is 14.2 Å². The Morgan fingerprint density at radius 3 is 2.34 bits per heavy atom. The van der Waals surface area contributed by atoms with Gasteiger partial charge in [0.1, 0.15) is 0 Å². The molecule has 0 aromatic heterocycles. The van der Waals surface area contributed by atoms with Crippen molar-refractivity contribution < 1.29 is 28.5 Å². The Morgan fingerprint density at radius 2 is 1.69 bits per heavy atom. The fourth-order valence-corrected chi connectivity index (χ4v) is 4.54. The fourth-order valence-electron chi connectivity index (χ4n) is 4.54. The number of carbonyl (C=O) groups excluding carboxylic acids is 2. The average Bonchev–Trinajstić information content (AvgIpc) is 3.06. The maximum atomic E-state index is 13.5. The molecule has 1 amide bonds. The number of benzene rings is 2. The summed E-state index contributed by atoms with van der Waals surface area (Å²) in [5, 5.41) is 0. The number of amides is 1. The van der Waals surface area contributed by atoms with Crippen molar-refractivity contribution in [1.82, 2.24) is 4.90 Å². The highest BCUT2D eigenvalue weighted by Crippen LogP contribution is 2.44. The summed E-state index contributed by atoms with van der Waals surface area (Å²) in [7, 11) is 0. The van der Waals surface area contributed by atoms with Crippen molar-refractivity contribution >= 4 is 11.9 Å². The maximum absolute atomic E-state index is 13.5. The van der Waals surface area contributed by atoms with Gasteiger partial charge in [0.25, 0.3) is 5.91 Å². The van der Waals surface area contributed by atoms with E-state index in [0.717, 1.165) is 12.0 Å². The minimum atomic E-state index is -0.793. The third-order valence-corrected chi connectivity index (χ3v) is 5.82. The van der Waals surface area contributed by atoms with Gasteiger partial charge in [-0.25, -0.2) is 4.79 Å². The number of likely N-dealkylation sites (tertiary alicyclic amines) is 1. The first-order chi connectivity index (χ1) is 15.5. The Morgan fingerprint density at radius 1 is 1.03 bits per heavy atom. The first kappa shape index (κ1) is 22.0. The monoisotopic (exact) mass is 439 g/mol.